The summed E-state index contributed by atoms with van der Waals surface area (Å²) in [7, 11) is 1.21. The van der Waals surface area contributed by atoms with E-state index in [1.807, 2.05) is 0 Å². The normalized spacial score (nSPS) is 39.5. The number of aliphatic hydroxyl groups is 13. The molecule has 36 heteroatoms. The molecule has 5 amide bonds. The number of rotatable bonds is 33. The van der Waals surface area contributed by atoms with E-state index in [1.54, 1.807) is 12.1 Å². The molecule has 0 aromatic heterocycles. The number of aliphatic hydroxyl groups excluding tert-OH is 13. The molecule has 36 nitrogen and oxygen atoms in total. The summed E-state index contributed by atoms with van der Waals surface area (Å²) >= 11 is 0. The average Bonchev–Trinajstić information content (AvgIpc) is 0.767. The van der Waals surface area contributed by atoms with Gasteiger partial charge < -0.3 is 155 Å². The van der Waals surface area contributed by atoms with Crippen molar-refractivity contribution in [1.29, 1.82) is 0 Å². The van der Waals surface area contributed by atoms with Gasteiger partial charge in [-0.05, 0) is 31.5 Å². The van der Waals surface area contributed by atoms with Gasteiger partial charge >= 0.3 is 0 Å². The van der Waals surface area contributed by atoms with Gasteiger partial charge in [-0.25, -0.2) is 0 Å². The SMILES string of the molecule is CCCCCCCCCCCOc1cccc(C(=O)N[C@H]2C(O)[C@H](O)C(CO)O[C@H]2O[C@H]2C(O)C(NC(C)=O)C(OC3C(CO)O[C@@H](O[C@H]4C(O)C(NC(C)=O)C(OC5C(CO[C@@H]6OC(C)C(O)[C@H](O)[C@H]6OC)O[C@@H](O)[C@@H](NC(C)=O)[C@H]5O)O[C@H]4CO)[C@@H](NC(C)=O)[C@H]3O)O[C@H]2CO)c1. The Morgan fingerprint density at radius 1 is 0.434 bits per heavy atom. The number of carbonyl (C=O) groups is 5. The molecular weight excluding hydrogens is 1320 g/mol. The Labute approximate surface area is 572 Å². The van der Waals surface area contributed by atoms with Gasteiger partial charge in [-0.3, -0.25) is 24.0 Å². The summed E-state index contributed by atoms with van der Waals surface area (Å²) in [5, 5.41) is 159. The van der Waals surface area contributed by atoms with E-state index in [0.29, 0.717) is 12.4 Å². The van der Waals surface area contributed by atoms with Crippen molar-refractivity contribution in [1.82, 2.24) is 26.6 Å². The summed E-state index contributed by atoms with van der Waals surface area (Å²) in [5.74, 6) is -3.63. The molecule has 6 fully saturated rings. The molecule has 0 saturated carbocycles. The number of nitrogens with one attached hydrogen (secondary N) is 5. The number of ether oxygens (including phenoxy) is 13. The molecule has 0 bridgehead atoms. The van der Waals surface area contributed by atoms with E-state index in [2.05, 4.69) is 33.5 Å². The summed E-state index contributed by atoms with van der Waals surface area (Å²) in [6, 6.07) is -2.38. The second kappa shape index (κ2) is 38.8. The fourth-order valence-corrected chi connectivity index (χ4v) is 13.0. The van der Waals surface area contributed by atoms with Gasteiger partial charge in [0.05, 0.1) is 45.7 Å². The van der Waals surface area contributed by atoms with E-state index in [0.717, 1.165) is 53.4 Å². The van der Waals surface area contributed by atoms with Gasteiger partial charge in [0.1, 0.15) is 146 Å². The Morgan fingerprint density at radius 3 is 1.27 bits per heavy atom. The molecule has 566 valence electrons. The standard InChI is InChI=1S/C63H103N5O31/c1-8-9-10-11-12-13-14-15-16-20-88-33-19-17-18-32(21-33)57(85)68-40-46(79)45(78)34(22-69)92-59(40)96-52-35(23-70)93-60(41(48(52)81)65-29(4)74)97-53-36(24-71)94-61(42(49(53)82)66-30(5)75)98-54-37(25-72)95-62(43(50(54)83)67-31(6)76)99-55-38(91-58(86)39(47(55)80)64-28(3)73)26-89-63-56(87-7)51(84)44(77)27(2)90-63/h17-19,21,27,34-56,58-63,69-72,77-84,86H,8-16,20,22-26H2,1-7H3,(H,64,73)(H,65,74)(H,66,75)(H,67,76)(H,68,85)/t27?,34?,35-,36?,37-,38?,39-,40-,41?,42-,43?,44?,45+,46?,47+,48?,49+,50?,51-,52+,53?,54+,55?,56+,58+,59-,60?,61-,62?,63+/m0/s1. The van der Waals surface area contributed by atoms with Crippen molar-refractivity contribution in [3.63, 3.8) is 0 Å². The van der Waals surface area contributed by atoms with Gasteiger partial charge in [0, 0.05) is 40.4 Å². The van der Waals surface area contributed by atoms with Crippen LogP contribution in [0.15, 0.2) is 24.3 Å². The third-order valence-electron chi connectivity index (χ3n) is 18.2. The first kappa shape index (κ1) is 81.7. The lowest BCUT2D eigenvalue weighted by Crippen LogP contribution is -2.72. The van der Waals surface area contributed by atoms with E-state index in [-0.39, 0.29) is 5.56 Å². The molecular formula is C63H103N5O31. The molecule has 18 N–H and O–H groups in total. The van der Waals surface area contributed by atoms with Crippen LogP contribution in [0.4, 0.5) is 0 Å². The zero-order valence-corrected chi connectivity index (χ0v) is 56.4. The minimum Gasteiger partial charge on any atom is -0.494 e. The number of hydrogen-bond acceptors (Lipinski definition) is 31. The van der Waals surface area contributed by atoms with E-state index >= 15 is 0 Å². The first-order valence-corrected chi connectivity index (χ1v) is 33.6. The third-order valence-corrected chi connectivity index (χ3v) is 18.2. The zero-order valence-electron chi connectivity index (χ0n) is 56.4. The lowest BCUT2D eigenvalue weighted by molar-refractivity contribution is -0.368. The lowest BCUT2D eigenvalue weighted by Gasteiger charge is -2.51. The first-order chi connectivity index (χ1) is 47.2. The molecule has 6 heterocycles. The van der Waals surface area contributed by atoms with Crippen molar-refractivity contribution in [3.05, 3.63) is 29.8 Å². The van der Waals surface area contributed by atoms with E-state index < -0.39 is 246 Å². The molecule has 30 atom stereocenters. The molecule has 99 heavy (non-hydrogen) atoms. The number of amides is 5. The van der Waals surface area contributed by atoms with Gasteiger partial charge in [0.25, 0.3) is 5.91 Å². The largest absolute Gasteiger partial charge is 0.494 e. The van der Waals surface area contributed by atoms with Crippen molar-refractivity contribution < 1.29 is 152 Å². The lowest BCUT2D eigenvalue weighted by atomic mass is 9.93. The quantitative estimate of drug-likeness (QED) is 0.0291. The van der Waals surface area contributed by atoms with Crippen LogP contribution >= 0.6 is 0 Å². The molecule has 7 rings (SSSR count). The van der Waals surface area contributed by atoms with E-state index in [4.69, 9.17) is 61.6 Å². The summed E-state index contributed by atoms with van der Waals surface area (Å²) in [5.41, 5.74) is 0.0622. The van der Waals surface area contributed by atoms with Crippen LogP contribution in [0, 0.1) is 0 Å². The Balaban J connectivity index is 1.07. The van der Waals surface area contributed by atoms with Crippen LogP contribution in [-0.4, -0.2) is 327 Å². The van der Waals surface area contributed by atoms with Crippen molar-refractivity contribution >= 4 is 29.5 Å². The maximum absolute atomic E-state index is 14.0. The van der Waals surface area contributed by atoms with Crippen LogP contribution in [0.5, 0.6) is 5.75 Å². The second-order valence-corrected chi connectivity index (χ2v) is 25.6. The smallest absolute Gasteiger partial charge is 0.251 e. The van der Waals surface area contributed by atoms with Crippen LogP contribution in [-0.2, 0) is 76.0 Å². The maximum atomic E-state index is 14.0. The Kier molecular flexibility index (Phi) is 32.0. The van der Waals surface area contributed by atoms with Crippen LogP contribution in [0.3, 0.4) is 0 Å². The minimum atomic E-state index is -2.06. The van der Waals surface area contributed by atoms with Crippen LogP contribution < -0.4 is 31.3 Å². The highest BCUT2D eigenvalue weighted by atomic mass is 16.8. The zero-order chi connectivity index (χ0) is 72.5. The minimum absolute atomic E-state index is 0.0622. The number of methoxy groups -OCH3 is 1. The van der Waals surface area contributed by atoms with Crippen molar-refractivity contribution in [2.24, 2.45) is 0 Å². The number of carbonyl (C=O) groups excluding carboxylic acids is 5. The Morgan fingerprint density at radius 2 is 0.838 bits per heavy atom. The summed E-state index contributed by atoms with van der Waals surface area (Å²) in [6.45, 7) is 3.61. The molecule has 6 saturated heterocycles. The molecule has 6 aliphatic rings. The monoisotopic (exact) mass is 1430 g/mol. The van der Waals surface area contributed by atoms with E-state index in [9.17, 15) is 90.4 Å². The fourth-order valence-electron chi connectivity index (χ4n) is 13.0. The predicted molar refractivity (Wildman–Crippen MR) is 333 cm³/mol. The fraction of sp³-hybridized carbons (Fsp3) is 0.825. The second-order valence-electron chi connectivity index (χ2n) is 25.6. The predicted octanol–water partition coefficient (Wildman–Crippen LogP) is -6.50. The summed E-state index contributed by atoms with van der Waals surface area (Å²) < 4.78 is 78.0. The molecule has 0 radical (unpaired) electrons. The summed E-state index contributed by atoms with van der Waals surface area (Å²) in [4.78, 5) is 65.1. The van der Waals surface area contributed by atoms with Gasteiger partial charge in [-0.1, -0.05) is 64.4 Å². The van der Waals surface area contributed by atoms with Gasteiger partial charge in [0.2, 0.25) is 23.6 Å². The Bertz CT molecular complexity index is 2680. The molecule has 0 spiro atoms. The molecule has 14 unspecified atom stereocenters. The molecule has 1 aromatic rings. The highest BCUT2D eigenvalue weighted by molar-refractivity contribution is 5.94. The third kappa shape index (κ3) is 21.1. The number of benzene rings is 1. The molecule has 1 aromatic carbocycles. The molecule has 6 aliphatic heterocycles. The molecule has 0 aliphatic carbocycles. The van der Waals surface area contributed by atoms with Crippen molar-refractivity contribution in [2.45, 2.75) is 283 Å². The summed E-state index contributed by atoms with van der Waals surface area (Å²) in [6.07, 6.45) is -33.4. The highest BCUT2D eigenvalue weighted by Gasteiger charge is 2.58. The highest BCUT2D eigenvalue weighted by Crippen LogP contribution is 2.37. The van der Waals surface area contributed by atoms with Crippen LogP contribution in [0.25, 0.3) is 0 Å². The van der Waals surface area contributed by atoms with Gasteiger partial charge in [-0.15, -0.1) is 0 Å². The number of hydrogen-bond donors (Lipinski definition) is 18. The topological polar surface area (TPSA) is 528 Å². The first-order valence-electron chi connectivity index (χ1n) is 33.6. The maximum Gasteiger partial charge on any atom is 0.251 e. The van der Waals surface area contributed by atoms with Crippen molar-refractivity contribution in [3.8, 4) is 5.75 Å². The van der Waals surface area contributed by atoms with Crippen LogP contribution in [0.1, 0.15) is 110 Å². The van der Waals surface area contributed by atoms with Gasteiger partial charge in [0.15, 0.2) is 37.7 Å². The van der Waals surface area contributed by atoms with Crippen LogP contribution in [0.2, 0.25) is 0 Å². The average molecular weight is 1430 g/mol. The van der Waals surface area contributed by atoms with Gasteiger partial charge in [-0.2, -0.15) is 0 Å². The van der Waals surface area contributed by atoms with Crippen molar-refractivity contribution in [2.75, 3.05) is 46.8 Å². The number of unbranched alkanes of at least 4 members (excludes halogenated alkanes) is 8. The Hall–Kier alpha value is -4.63. The van der Waals surface area contributed by atoms with E-state index in [1.165, 1.54) is 58.3 Å².